The highest BCUT2D eigenvalue weighted by Gasteiger charge is 2.22. The number of hydrogen-bond acceptors (Lipinski definition) is 8. The molecule has 1 fully saturated rings. The molecule has 0 radical (unpaired) electrons. The van der Waals surface area contributed by atoms with Crippen LogP contribution in [0.25, 0.3) is 0 Å². The third-order valence-electron chi connectivity index (χ3n) is 5.06. The molecule has 0 spiro atoms. The van der Waals surface area contributed by atoms with Gasteiger partial charge in [0.05, 0.1) is 22.5 Å². The van der Waals surface area contributed by atoms with E-state index in [2.05, 4.69) is 41.1 Å². The van der Waals surface area contributed by atoms with Crippen molar-refractivity contribution in [2.75, 3.05) is 29.6 Å². The van der Waals surface area contributed by atoms with Crippen molar-refractivity contribution in [1.82, 2.24) is 15.0 Å². The number of rotatable bonds is 6. The number of halogens is 2. The van der Waals surface area contributed by atoms with Crippen LogP contribution >= 0.6 is 15.9 Å². The molecule has 0 saturated carbocycles. The average Bonchev–Trinajstić information content (AvgIpc) is 2.75. The molecule has 3 aromatic rings. The molecule has 0 bridgehead atoms. The first-order valence-electron chi connectivity index (χ1n) is 9.89. The fraction of sp³-hybridized carbons (Fsp3) is 0.286. The second-order valence-electron chi connectivity index (χ2n) is 7.45. The van der Waals surface area contributed by atoms with Gasteiger partial charge in [-0.1, -0.05) is 0 Å². The smallest absolute Gasteiger partial charge is 0.218 e. The number of nitrogens with one attached hydrogen (secondary N) is 1. The van der Waals surface area contributed by atoms with Crippen LogP contribution in [0.15, 0.2) is 58.4 Å². The number of piperidine rings is 1. The summed E-state index contributed by atoms with van der Waals surface area (Å²) >= 11 is 3.45. The van der Waals surface area contributed by atoms with Gasteiger partial charge in [-0.25, -0.2) is 22.8 Å². The Morgan fingerprint density at radius 3 is 2.62 bits per heavy atom. The zero-order valence-electron chi connectivity index (χ0n) is 17.2. The molecular formula is C21H21BrFN5O3S. The Kier molecular flexibility index (Phi) is 6.56. The monoisotopic (exact) mass is 521 g/mol. The standard InChI is InChI=1S/C21H21BrFN5O3S/c1-32(29,30)17-2-3-19(18(23)9-17)27-20-10-21(26-13-25-20)31-16-4-6-28(7-5-16)15-8-14(22)11-24-12-15/h2-3,8-13,16H,4-7H2,1H3,(H,25,26,27). The second kappa shape index (κ2) is 9.37. The summed E-state index contributed by atoms with van der Waals surface area (Å²) < 4.78 is 44.4. The van der Waals surface area contributed by atoms with Crippen molar-refractivity contribution in [3.05, 3.63) is 59.3 Å². The van der Waals surface area contributed by atoms with Crippen LogP contribution in [0.5, 0.6) is 5.88 Å². The first kappa shape index (κ1) is 22.4. The molecule has 3 heterocycles. The summed E-state index contributed by atoms with van der Waals surface area (Å²) in [5.41, 5.74) is 1.17. The fourth-order valence-corrected chi connectivity index (χ4v) is 4.40. The summed E-state index contributed by atoms with van der Waals surface area (Å²) in [5, 5.41) is 2.84. The number of benzene rings is 1. The van der Waals surface area contributed by atoms with Crippen molar-refractivity contribution in [2.24, 2.45) is 0 Å². The maximum atomic E-state index is 14.3. The Morgan fingerprint density at radius 2 is 1.94 bits per heavy atom. The van der Waals surface area contributed by atoms with Crippen molar-refractivity contribution in [3.63, 3.8) is 0 Å². The van der Waals surface area contributed by atoms with E-state index < -0.39 is 15.7 Å². The minimum absolute atomic E-state index is 0.0000995. The highest BCUT2D eigenvalue weighted by molar-refractivity contribution is 9.10. The van der Waals surface area contributed by atoms with Crippen molar-refractivity contribution in [2.45, 2.75) is 23.8 Å². The van der Waals surface area contributed by atoms with E-state index in [9.17, 15) is 12.8 Å². The van der Waals surface area contributed by atoms with Crippen LogP contribution in [-0.4, -0.2) is 48.8 Å². The SMILES string of the molecule is CS(=O)(=O)c1ccc(Nc2cc(OC3CCN(c4cncc(Br)c4)CC3)ncn2)c(F)c1. The highest BCUT2D eigenvalue weighted by Crippen LogP contribution is 2.26. The molecule has 0 aliphatic carbocycles. The third-order valence-corrected chi connectivity index (χ3v) is 6.60. The predicted octanol–water partition coefficient (Wildman–Crippen LogP) is 3.97. The molecule has 1 aliphatic rings. The number of aromatic nitrogens is 3. The maximum absolute atomic E-state index is 14.3. The van der Waals surface area contributed by atoms with Gasteiger partial charge in [0.1, 0.15) is 24.1 Å². The first-order valence-corrected chi connectivity index (χ1v) is 12.6. The van der Waals surface area contributed by atoms with Gasteiger partial charge in [-0.15, -0.1) is 0 Å². The van der Waals surface area contributed by atoms with Crippen molar-refractivity contribution in [1.29, 1.82) is 0 Å². The summed E-state index contributed by atoms with van der Waals surface area (Å²) in [6.07, 6.45) is 7.61. The van der Waals surface area contributed by atoms with Crippen molar-refractivity contribution in [3.8, 4) is 5.88 Å². The number of anilines is 3. The van der Waals surface area contributed by atoms with E-state index in [4.69, 9.17) is 4.74 Å². The maximum Gasteiger partial charge on any atom is 0.218 e. The van der Waals surface area contributed by atoms with Gasteiger partial charge in [-0.05, 0) is 40.2 Å². The molecule has 0 atom stereocenters. The Hall–Kier alpha value is -2.79. The van der Waals surface area contributed by atoms with Crippen LogP contribution in [0.3, 0.4) is 0 Å². The number of pyridine rings is 1. The minimum Gasteiger partial charge on any atom is -0.474 e. The molecule has 32 heavy (non-hydrogen) atoms. The summed E-state index contributed by atoms with van der Waals surface area (Å²) in [6.45, 7) is 1.66. The van der Waals surface area contributed by atoms with Gasteiger partial charge in [0, 0.05) is 48.9 Å². The molecule has 168 valence electrons. The Balaban J connectivity index is 1.38. The van der Waals surface area contributed by atoms with Gasteiger partial charge in [0.2, 0.25) is 5.88 Å². The summed E-state index contributed by atoms with van der Waals surface area (Å²) in [7, 11) is -3.48. The Labute approximate surface area is 193 Å². The van der Waals surface area contributed by atoms with Crippen molar-refractivity contribution < 1.29 is 17.5 Å². The lowest BCUT2D eigenvalue weighted by Gasteiger charge is -2.33. The van der Waals surface area contributed by atoms with E-state index in [1.165, 1.54) is 18.5 Å². The van der Waals surface area contributed by atoms with Gasteiger partial charge in [0.15, 0.2) is 9.84 Å². The quantitative estimate of drug-likeness (QED) is 0.520. The largest absolute Gasteiger partial charge is 0.474 e. The van der Waals surface area contributed by atoms with Gasteiger partial charge in [-0.3, -0.25) is 4.98 Å². The summed E-state index contributed by atoms with van der Waals surface area (Å²) in [4.78, 5) is 14.6. The van der Waals surface area contributed by atoms with Crippen LogP contribution in [0.2, 0.25) is 0 Å². The minimum atomic E-state index is -3.48. The summed E-state index contributed by atoms with van der Waals surface area (Å²) in [5.74, 6) is 0.0419. The lowest BCUT2D eigenvalue weighted by atomic mass is 10.1. The molecule has 0 amide bonds. The number of sulfone groups is 1. The highest BCUT2D eigenvalue weighted by atomic mass is 79.9. The first-order chi connectivity index (χ1) is 15.3. The number of ether oxygens (including phenoxy) is 1. The molecule has 1 N–H and O–H groups in total. The lowest BCUT2D eigenvalue weighted by molar-refractivity contribution is 0.164. The Bertz CT molecular complexity index is 1220. The molecule has 8 nitrogen and oxygen atoms in total. The molecule has 0 unspecified atom stereocenters. The van der Waals surface area contributed by atoms with Crippen LogP contribution in [0.4, 0.5) is 21.6 Å². The van der Waals surface area contributed by atoms with Gasteiger partial charge >= 0.3 is 0 Å². The van der Waals surface area contributed by atoms with Gasteiger partial charge < -0.3 is 15.0 Å². The van der Waals surface area contributed by atoms with E-state index >= 15 is 0 Å². The molecule has 1 aliphatic heterocycles. The number of hydrogen-bond donors (Lipinski definition) is 1. The fourth-order valence-electron chi connectivity index (χ4n) is 3.41. The summed E-state index contributed by atoms with van der Waals surface area (Å²) in [6, 6.07) is 7.31. The normalized spacial score (nSPS) is 14.9. The van der Waals surface area contributed by atoms with E-state index in [1.807, 2.05) is 12.3 Å². The molecule has 1 saturated heterocycles. The lowest BCUT2D eigenvalue weighted by Crippen LogP contribution is -2.38. The van der Waals surface area contributed by atoms with E-state index in [0.717, 1.165) is 48.4 Å². The van der Waals surface area contributed by atoms with Gasteiger partial charge in [0.25, 0.3) is 0 Å². The predicted molar refractivity (Wildman–Crippen MR) is 123 cm³/mol. The zero-order chi connectivity index (χ0) is 22.7. The zero-order valence-corrected chi connectivity index (χ0v) is 19.6. The van der Waals surface area contributed by atoms with Crippen LogP contribution in [0.1, 0.15) is 12.8 Å². The van der Waals surface area contributed by atoms with E-state index in [0.29, 0.717) is 11.7 Å². The van der Waals surface area contributed by atoms with Crippen LogP contribution < -0.4 is 15.0 Å². The molecule has 4 rings (SSSR count). The third kappa shape index (κ3) is 5.52. The average molecular weight is 522 g/mol. The van der Waals surface area contributed by atoms with Gasteiger partial charge in [-0.2, -0.15) is 0 Å². The molecular weight excluding hydrogens is 501 g/mol. The van der Waals surface area contributed by atoms with Crippen molar-refractivity contribution >= 4 is 43.0 Å². The molecule has 1 aromatic carbocycles. The van der Waals surface area contributed by atoms with Crippen LogP contribution in [0, 0.1) is 5.82 Å². The van der Waals surface area contributed by atoms with E-state index in [1.54, 1.807) is 12.3 Å². The van der Waals surface area contributed by atoms with Crippen LogP contribution in [-0.2, 0) is 9.84 Å². The topological polar surface area (TPSA) is 97.3 Å². The van der Waals surface area contributed by atoms with E-state index in [-0.39, 0.29) is 16.7 Å². The Morgan fingerprint density at radius 1 is 1.16 bits per heavy atom. The molecule has 11 heteroatoms. The second-order valence-corrected chi connectivity index (χ2v) is 10.4. The molecule has 2 aromatic heterocycles. The number of nitrogens with zero attached hydrogens (tertiary/aromatic N) is 4.